The Labute approximate surface area is 129 Å². The third-order valence-electron chi connectivity index (χ3n) is 4.51. The zero-order chi connectivity index (χ0) is 15.5. The first kappa shape index (κ1) is 14.7. The molecule has 2 atom stereocenters. The van der Waals surface area contributed by atoms with Crippen LogP contribution in [0.15, 0.2) is 18.5 Å². The van der Waals surface area contributed by atoms with E-state index in [0.29, 0.717) is 32.0 Å². The van der Waals surface area contributed by atoms with Crippen LogP contribution in [0.5, 0.6) is 0 Å². The highest BCUT2D eigenvalue weighted by Gasteiger charge is 2.35. The first-order valence-electron chi connectivity index (χ1n) is 7.75. The molecule has 3 heterocycles. The van der Waals surface area contributed by atoms with E-state index in [2.05, 4.69) is 14.9 Å². The molecule has 2 fully saturated rings. The van der Waals surface area contributed by atoms with Crippen molar-refractivity contribution < 1.29 is 9.59 Å². The molecular weight excluding hydrogens is 282 g/mol. The van der Waals surface area contributed by atoms with Crippen molar-refractivity contribution in [3.63, 3.8) is 0 Å². The highest BCUT2D eigenvalue weighted by Crippen LogP contribution is 2.24. The Bertz CT molecular complexity index is 550. The highest BCUT2D eigenvalue weighted by molar-refractivity contribution is 5.82. The molecule has 0 radical (unpaired) electrons. The number of carbonyl (C=O) groups excluding carboxylic acids is 2. The lowest BCUT2D eigenvalue weighted by Gasteiger charge is -2.33. The Kier molecular flexibility index (Phi) is 4.22. The van der Waals surface area contributed by atoms with Crippen molar-refractivity contribution in [3.8, 4) is 0 Å². The monoisotopic (exact) mass is 303 g/mol. The van der Waals surface area contributed by atoms with Crippen LogP contribution in [0.25, 0.3) is 0 Å². The van der Waals surface area contributed by atoms with Crippen LogP contribution in [-0.2, 0) is 9.59 Å². The van der Waals surface area contributed by atoms with Gasteiger partial charge in [0.1, 0.15) is 0 Å². The number of hydrogen-bond acceptors (Lipinski definition) is 5. The van der Waals surface area contributed by atoms with Crippen molar-refractivity contribution in [3.05, 3.63) is 18.5 Å². The molecule has 2 aliphatic rings. The molecule has 1 aromatic heterocycles. The van der Waals surface area contributed by atoms with Gasteiger partial charge in [-0.05, 0) is 25.3 Å². The number of hydrogen-bond donors (Lipinski definition) is 1. The van der Waals surface area contributed by atoms with Gasteiger partial charge in [-0.1, -0.05) is 0 Å². The minimum absolute atomic E-state index is 0.0517. The van der Waals surface area contributed by atoms with Gasteiger partial charge in [0.05, 0.1) is 11.8 Å². The third-order valence-corrected chi connectivity index (χ3v) is 4.51. The molecule has 0 unspecified atom stereocenters. The Morgan fingerprint density at radius 1 is 1.09 bits per heavy atom. The first-order chi connectivity index (χ1) is 10.6. The Balaban J connectivity index is 1.62. The fourth-order valence-corrected chi connectivity index (χ4v) is 3.27. The van der Waals surface area contributed by atoms with Gasteiger partial charge in [-0.3, -0.25) is 9.59 Å². The largest absolute Gasteiger partial charge is 0.369 e. The van der Waals surface area contributed by atoms with Gasteiger partial charge in [0, 0.05) is 38.6 Å². The number of aromatic nitrogens is 2. The summed E-state index contributed by atoms with van der Waals surface area (Å²) in [6.45, 7) is 2.61. The molecule has 0 bridgehead atoms. The predicted molar refractivity (Wildman–Crippen MR) is 80.9 cm³/mol. The number of rotatable bonds is 3. The van der Waals surface area contributed by atoms with Gasteiger partial charge >= 0.3 is 0 Å². The van der Waals surface area contributed by atoms with Crippen molar-refractivity contribution in [1.29, 1.82) is 0 Å². The van der Waals surface area contributed by atoms with E-state index in [1.807, 2.05) is 0 Å². The molecule has 118 valence electrons. The van der Waals surface area contributed by atoms with Crippen molar-refractivity contribution in [2.75, 3.05) is 31.1 Å². The summed E-state index contributed by atoms with van der Waals surface area (Å²) in [5.41, 5.74) is 5.33. The first-order valence-corrected chi connectivity index (χ1v) is 7.75. The van der Waals surface area contributed by atoms with Crippen LogP contribution in [0.4, 0.5) is 5.95 Å². The van der Waals surface area contributed by atoms with Crippen LogP contribution < -0.4 is 10.6 Å². The number of piperidine rings is 1. The van der Waals surface area contributed by atoms with E-state index in [-0.39, 0.29) is 23.7 Å². The minimum atomic E-state index is -0.307. The molecular formula is C15H21N5O2. The maximum Gasteiger partial charge on any atom is 0.227 e. The maximum absolute atomic E-state index is 12.7. The Hall–Kier alpha value is -2.18. The van der Waals surface area contributed by atoms with Crippen LogP contribution in [-0.4, -0.2) is 52.9 Å². The standard InChI is InChI=1S/C15H21N5O2/c16-13(21)11-4-8-19(9-11)14(22)12-3-1-7-20(10-12)15-17-5-2-6-18-15/h2,5-6,11-12H,1,3-4,7-10H2,(H2,16,21)/t11-,12-/m1/s1. The van der Waals surface area contributed by atoms with E-state index in [9.17, 15) is 9.59 Å². The average Bonchev–Trinajstić information content (AvgIpc) is 3.05. The predicted octanol–water partition coefficient (Wildman–Crippen LogP) is 0.0268. The molecule has 7 nitrogen and oxygen atoms in total. The van der Waals surface area contributed by atoms with E-state index in [4.69, 9.17) is 5.73 Å². The van der Waals surface area contributed by atoms with Crippen LogP contribution in [0.1, 0.15) is 19.3 Å². The van der Waals surface area contributed by atoms with Crippen molar-refractivity contribution in [2.45, 2.75) is 19.3 Å². The summed E-state index contributed by atoms with van der Waals surface area (Å²) in [5.74, 6) is 0.254. The highest BCUT2D eigenvalue weighted by atomic mass is 16.2. The number of primary amides is 1. The van der Waals surface area contributed by atoms with E-state index in [1.54, 1.807) is 23.4 Å². The topological polar surface area (TPSA) is 92.4 Å². The Morgan fingerprint density at radius 2 is 1.86 bits per heavy atom. The number of anilines is 1. The van der Waals surface area contributed by atoms with Gasteiger partial charge in [-0.15, -0.1) is 0 Å². The SMILES string of the molecule is NC(=O)[C@@H]1CCN(C(=O)[C@@H]2CCCN(c3ncccn3)C2)C1. The lowest BCUT2D eigenvalue weighted by Crippen LogP contribution is -2.45. The van der Waals surface area contributed by atoms with Gasteiger partial charge in [0.25, 0.3) is 0 Å². The summed E-state index contributed by atoms with van der Waals surface area (Å²) in [7, 11) is 0. The van der Waals surface area contributed by atoms with Gasteiger partial charge in [0.15, 0.2) is 0 Å². The third kappa shape index (κ3) is 3.03. The quantitative estimate of drug-likeness (QED) is 0.850. The van der Waals surface area contributed by atoms with E-state index < -0.39 is 0 Å². The van der Waals surface area contributed by atoms with Gasteiger partial charge in [-0.2, -0.15) is 0 Å². The molecule has 1 aromatic rings. The summed E-state index contributed by atoms with van der Waals surface area (Å²) < 4.78 is 0. The van der Waals surface area contributed by atoms with Crippen LogP contribution in [0, 0.1) is 11.8 Å². The van der Waals surface area contributed by atoms with Crippen molar-refractivity contribution in [2.24, 2.45) is 17.6 Å². The molecule has 3 rings (SSSR count). The summed E-state index contributed by atoms with van der Waals surface area (Å²) >= 11 is 0. The van der Waals surface area contributed by atoms with Gasteiger partial charge in [-0.25, -0.2) is 9.97 Å². The average molecular weight is 303 g/mol. The fourth-order valence-electron chi connectivity index (χ4n) is 3.27. The second-order valence-electron chi connectivity index (χ2n) is 6.01. The molecule has 22 heavy (non-hydrogen) atoms. The van der Waals surface area contributed by atoms with Crippen LogP contribution in [0.2, 0.25) is 0 Å². The molecule has 0 aliphatic carbocycles. The molecule has 0 saturated carbocycles. The number of amides is 2. The number of carbonyl (C=O) groups is 2. The maximum atomic E-state index is 12.7. The summed E-state index contributed by atoms with van der Waals surface area (Å²) in [4.78, 5) is 36.3. The lowest BCUT2D eigenvalue weighted by molar-refractivity contribution is -0.135. The Morgan fingerprint density at radius 3 is 2.55 bits per heavy atom. The summed E-state index contributed by atoms with van der Waals surface area (Å²) in [6, 6.07) is 1.78. The van der Waals surface area contributed by atoms with Gasteiger partial charge < -0.3 is 15.5 Å². The molecule has 2 N–H and O–H groups in total. The molecule has 2 saturated heterocycles. The molecule has 0 spiro atoms. The molecule has 2 aliphatic heterocycles. The zero-order valence-electron chi connectivity index (χ0n) is 12.5. The molecule has 0 aromatic carbocycles. The summed E-state index contributed by atoms with van der Waals surface area (Å²) in [5, 5.41) is 0. The van der Waals surface area contributed by atoms with Gasteiger partial charge in [0.2, 0.25) is 17.8 Å². The minimum Gasteiger partial charge on any atom is -0.369 e. The van der Waals surface area contributed by atoms with Crippen molar-refractivity contribution in [1.82, 2.24) is 14.9 Å². The second-order valence-corrected chi connectivity index (χ2v) is 6.01. The lowest BCUT2D eigenvalue weighted by atomic mass is 9.97. The molecule has 7 heteroatoms. The fraction of sp³-hybridized carbons (Fsp3) is 0.600. The zero-order valence-corrected chi connectivity index (χ0v) is 12.5. The van der Waals surface area contributed by atoms with Crippen LogP contribution >= 0.6 is 0 Å². The van der Waals surface area contributed by atoms with E-state index >= 15 is 0 Å². The van der Waals surface area contributed by atoms with Crippen molar-refractivity contribution >= 4 is 17.8 Å². The second kappa shape index (κ2) is 6.29. The normalized spacial score (nSPS) is 25.3. The summed E-state index contributed by atoms with van der Waals surface area (Å²) in [6.07, 6.45) is 5.93. The van der Waals surface area contributed by atoms with Crippen LogP contribution in [0.3, 0.4) is 0 Å². The number of likely N-dealkylation sites (tertiary alicyclic amines) is 1. The van der Waals surface area contributed by atoms with E-state index in [0.717, 1.165) is 19.4 Å². The smallest absolute Gasteiger partial charge is 0.227 e. The van der Waals surface area contributed by atoms with E-state index in [1.165, 1.54) is 0 Å². The molecule has 2 amide bonds. The number of nitrogens with zero attached hydrogens (tertiary/aromatic N) is 4. The number of nitrogens with two attached hydrogens (primary N) is 1.